The lowest BCUT2D eigenvalue weighted by Gasteiger charge is -2.13. The standard InChI is InChI=1S/C19H20N2O2S/c1-24-13-11-17(14-22)21-19(23)18-8-3-2-6-15(18)9-10-16-7-4-5-12-20-16/h2-10,12,14,17H,11,13H2,1H3,(H,21,23)/b10-9+/t17-/m0/s1. The van der Waals surface area contributed by atoms with Crippen LogP contribution in [0.5, 0.6) is 0 Å². The number of aldehydes is 1. The molecule has 0 unspecified atom stereocenters. The maximum Gasteiger partial charge on any atom is 0.252 e. The van der Waals surface area contributed by atoms with Crippen molar-refractivity contribution in [2.75, 3.05) is 12.0 Å². The second-order valence-corrected chi connectivity index (χ2v) is 6.16. The summed E-state index contributed by atoms with van der Waals surface area (Å²) in [4.78, 5) is 27.8. The summed E-state index contributed by atoms with van der Waals surface area (Å²) < 4.78 is 0. The van der Waals surface area contributed by atoms with Crippen LogP contribution in [0, 0.1) is 0 Å². The maximum atomic E-state index is 12.5. The Labute approximate surface area is 146 Å². The van der Waals surface area contributed by atoms with E-state index in [0.717, 1.165) is 23.3 Å². The zero-order chi connectivity index (χ0) is 17.2. The molecule has 124 valence electrons. The van der Waals surface area contributed by atoms with Crippen molar-refractivity contribution < 1.29 is 9.59 Å². The Kier molecular flexibility index (Phi) is 7.23. The number of amides is 1. The molecule has 1 aromatic carbocycles. The summed E-state index contributed by atoms with van der Waals surface area (Å²) in [6.45, 7) is 0. The van der Waals surface area contributed by atoms with Crippen molar-refractivity contribution in [3.63, 3.8) is 0 Å². The predicted molar refractivity (Wildman–Crippen MR) is 99.9 cm³/mol. The van der Waals surface area contributed by atoms with Crippen LogP contribution in [0.1, 0.15) is 28.0 Å². The van der Waals surface area contributed by atoms with Crippen LogP contribution < -0.4 is 5.32 Å². The summed E-state index contributed by atoms with van der Waals surface area (Å²) in [5.74, 6) is 0.583. The van der Waals surface area contributed by atoms with E-state index < -0.39 is 6.04 Å². The van der Waals surface area contributed by atoms with Gasteiger partial charge in [0.25, 0.3) is 5.91 Å². The minimum Gasteiger partial charge on any atom is -0.342 e. The highest BCUT2D eigenvalue weighted by Gasteiger charge is 2.14. The third-order valence-corrected chi connectivity index (χ3v) is 4.08. The molecule has 1 N–H and O–H groups in total. The topological polar surface area (TPSA) is 59.1 Å². The number of carbonyl (C=O) groups is 2. The van der Waals surface area contributed by atoms with Gasteiger partial charge in [-0.3, -0.25) is 9.78 Å². The molecule has 1 aromatic heterocycles. The molecule has 0 bridgehead atoms. The normalized spacial score (nSPS) is 12.0. The van der Waals surface area contributed by atoms with Gasteiger partial charge in [-0.25, -0.2) is 0 Å². The van der Waals surface area contributed by atoms with Gasteiger partial charge in [-0.05, 0) is 48.3 Å². The number of hydrogen-bond acceptors (Lipinski definition) is 4. The first-order valence-corrected chi connectivity index (χ1v) is 9.07. The molecule has 0 saturated heterocycles. The Morgan fingerprint density at radius 2 is 2.00 bits per heavy atom. The van der Waals surface area contributed by atoms with E-state index in [-0.39, 0.29) is 5.91 Å². The largest absolute Gasteiger partial charge is 0.342 e. The highest BCUT2D eigenvalue weighted by Crippen LogP contribution is 2.13. The quantitative estimate of drug-likeness (QED) is 0.749. The molecule has 2 rings (SSSR count). The number of pyridine rings is 1. The highest BCUT2D eigenvalue weighted by molar-refractivity contribution is 7.98. The summed E-state index contributed by atoms with van der Waals surface area (Å²) in [6, 6.07) is 12.5. The second-order valence-electron chi connectivity index (χ2n) is 5.17. The number of benzene rings is 1. The van der Waals surface area contributed by atoms with Crippen LogP contribution in [0.15, 0.2) is 48.7 Å². The Hall–Kier alpha value is -2.40. The maximum absolute atomic E-state index is 12.5. The fraction of sp³-hybridized carbons (Fsp3) is 0.211. The number of aromatic nitrogens is 1. The van der Waals surface area contributed by atoms with Gasteiger partial charge in [0.2, 0.25) is 0 Å². The van der Waals surface area contributed by atoms with Crippen LogP contribution >= 0.6 is 11.8 Å². The minimum absolute atomic E-state index is 0.241. The van der Waals surface area contributed by atoms with Crippen molar-refractivity contribution in [1.29, 1.82) is 0 Å². The molecule has 2 aromatic rings. The lowest BCUT2D eigenvalue weighted by Crippen LogP contribution is -2.36. The minimum atomic E-state index is -0.460. The van der Waals surface area contributed by atoms with Crippen molar-refractivity contribution in [1.82, 2.24) is 10.3 Å². The Morgan fingerprint density at radius 3 is 2.71 bits per heavy atom. The van der Waals surface area contributed by atoms with E-state index in [2.05, 4.69) is 10.3 Å². The molecule has 0 fully saturated rings. The molecule has 1 amide bonds. The molecule has 0 aliphatic rings. The molecular weight excluding hydrogens is 320 g/mol. The highest BCUT2D eigenvalue weighted by atomic mass is 32.2. The number of carbonyl (C=O) groups excluding carboxylic acids is 2. The predicted octanol–water partition coefficient (Wildman–Crippen LogP) is 3.30. The molecule has 0 spiro atoms. The van der Waals surface area contributed by atoms with E-state index in [1.165, 1.54) is 0 Å². The molecule has 24 heavy (non-hydrogen) atoms. The Morgan fingerprint density at radius 1 is 1.21 bits per heavy atom. The van der Waals surface area contributed by atoms with Gasteiger partial charge in [0.15, 0.2) is 0 Å². The number of nitrogens with one attached hydrogen (secondary N) is 1. The van der Waals surface area contributed by atoms with Gasteiger partial charge in [-0.15, -0.1) is 0 Å². The van der Waals surface area contributed by atoms with E-state index in [1.807, 2.05) is 54.8 Å². The third-order valence-electron chi connectivity index (χ3n) is 3.44. The van der Waals surface area contributed by atoms with Crippen molar-refractivity contribution in [2.24, 2.45) is 0 Å². The number of nitrogens with zero attached hydrogens (tertiary/aromatic N) is 1. The molecule has 0 aliphatic carbocycles. The van der Waals surface area contributed by atoms with Crippen molar-refractivity contribution in [3.8, 4) is 0 Å². The molecule has 0 aliphatic heterocycles. The SMILES string of the molecule is CSCC[C@@H](C=O)NC(=O)c1ccccc1/C=C/c1ccccn1. The van der Waals surface area contributed by atoms with Crippen LogP contribution in [-0.4, -0.2) is 35.2 Å². The molecule has 1 atom stereocenters. The first-order chi connectivity index (χ1) is 11.7. The smallest absolute Gasteiger partial charge is 0.252 e. The Balaban J connectivity index is 2.14. The van der Waals surface area contributed by atoms with Crippen LogP contribution in [0.4, 0.5) is 0 Å². The van der Waals surface area contributed by atoms with E-state index >= 15 is 0 Å². The van der Waals surface area contributed by atoms with Gasteiger partial charge in [-0.1, -0.05) is 30.3 Å². The Bertz CT molecular complexity index is 702. The fourth-order valence-electron chi connectivity index (χ4n) is 2.16. The monoisotopic (exact) mass is 340 g/mol. The zero-order valence-electron chi connectivity index (χ0n) is 13.5. The van der Waals surface area contributed by atoms with E-state index in [9.17, 15) is 9.59 Å². The van der Waals surface area contributed by atoms with Gasteiger partial charge in [0, 0.05) is 11.8 Å². The van der Waals surface area contributed by atoms with Gasteiger partial charge in [-0.2, -0.15) is 11.8 Å². The van der Waals surface area contributed by atoms with Crippen molar-refractivity contribution in [3.05, 3.63) is 65.5 Å². The number of rotatable bonds is 8. The molecular formula is C19H20N2O2S. The van der Waals surface area contributed by atoms with Crippen LogP contribution in [0.3, 0.4) is 0 Å². The molecule has 0 saturated carbocycles. The van der Waals surface area contributed by atoms with Gasteiger partial charge in [0.05, 0.1) is 11.7 Å². The van der Waals surface area contributed by atoms with E-state index in [1.54, 1.807) is 24.0 Å². The van der Waals surface area contributed by atoms with Gasteiger partial charge in [0.1, 0.15) is 6.29 Å². The van der Waals surface area contributed by atoms with Crippen LogP contribution in [-0.2, 0) is 4.79 Å². The summed E-state index contributed by atoms with van der Waals surface area (Å²) in [7, 11) is 0. The van der Waals surface area contributed by atoms with E-state index in [4.69, 9.17) is 0 Å². The van der Waals surface area contributed by atoms with Crippen LogP contribution in [0.25, 0.3) is 12.2 Å². The fourth-order valence-corrected chi connectivity index (χ4v) is 2.65. The average molecular weight is 340 g/mol. The summed E-state index contributed by atoms with van der Waals surface area (Å²) in [6.07, 6.45) is 8.83. The second kappa shape index (κ2) is 9.67. The molecule has 1 heterocycles. The average Bonchev–Trinajstić information content (AvgIpc) is 2.64. The lowest BCUT2D eigenvalue weighted by atomic mass is 10.1. The zero-order valence-corrected chi connectivity index (χ0v) is 14.3. The molecule has 4 nitrogen and oxygen atoms in total. The van der Waals surface area contributed by atoms with Crippen LogP contribution in [0.2, 0.25) is 0 Å². The van der Waals surface area contributed by atoms with Gasteiger partial charge < -0.3 is 10.1 Å². The number of thioether (sulfide) groups is 1. The lowest BCUT2D eigenvalue weighted by molar-refractivity contribution is -0.109. The van der Waals surface area contributed by atoms with Crippen molar-refractivity contribution in [2.45, 2.75) is 12.5 Å². The first kappa shape index (κ1) is 17.9. The number of hydrogen-bond donors (Lipinski definition) is 1. The van der Waals surface area contributed by atoms with Crippen molar-refractivity contribution >= 4 is 36.1 Å². The molecule has 0 radical (unpaired) electrons. The first-order valence-electron chi connectivity index (χ1n) is 7.68. The summed E-state index contributed by atoms with van der Waals surface area (Å²) in [5.41, 5.74) is 2.15. The van der Waals surface area contributed by atoms with Gasteiger partial charge >= 0.3 is 0 Å². The summed E-state index contributed by atoms with van der Waals surface area (Å²) in [5, 5.41) is 2.79. The third kappa shape index (κ3) is 5.35. The summed E-state index contributed by atoms with van der Waals surface area (Å²) >= 11 is 1.65. The van der Waals surface area contributed by atoms with E-state index in [0.29, 0.717) is 12.0 Å². The molecule has 5 heteroatoms.